The minimum absolute atomic E-state index is 0.0527. The summed E-state index contributed by atoms with van der Waals surface area (Å²) in [4.78, 5) is 25.1. The molecule has 2 N–H and O–H groups in total. The van der Waals surface area contributed by atoms with Crippen LogP contribution < -0.4 is 10.6 Å². The van der Waals surface area contributed by atoms with E-state index >= 15 is 0 Å². The highest BCUT2D eigenvalue weighted by Crippen LogP contribution is 2.12. The van der Waals surface area contributed by atoms with Crippen molar-refractivity contribution in [3.05, 3.63) is 65.5 Å². The number of nitrogens with one attached hydrogen (secondary N) is 2. The van der Waals surface area contributed by atoms with E-state index in [9.17, 15) is 4.79 Å². The first-order valence-electron chi connectivity index (χ1n) is 9.43. The molecule has 1 aromatic carbocycles. The molecule has 7 heteroatoms. The zero-order valence-electron chi connectivity index (χ0n) is 16.6. The van der Waals surface area contributed by atoms with Crippen LogP contribution in [0.1, 0.15) is 29.2 Å². The Hall–Kier alpha value is -3.22. The van der Waals surface area contributed by atoms with Crippen molar-refractivity contribution in [2.45, 2.75) is 33.6 Å². The van der Waals surface area contributed by atoms with Crippen LogP contribution in [-0.2, 0) is 11.2 Å². The van der Waals surface area contributed by atoms with Crippen molar-refractivity contribution >= 4 is 11.7 Å². The fraction of sp³-hybridized carbons (Fsp3) is 0.333. The summed E-state index contributed by atoms with van der Waals surface area (Å²) in [6, 6.07) is 10.1. The summed E-state index contributed by atoms with van der Waals surface area (Å²) >= 11 is 0. The standard InChI is InChI=1S/C21H26N6O/c1-15-5-4-6-18(13-15)7-8-21(28)24-10-9-23-19-14-20(26-16(2)25-19)27-12-11-22-17(27)3/h4-6,11-14H,7-10H2,1-3H3,(H,24,28)(H,23,25,26). The van der Waals surface area contributed by atoms with Crippen molar-refractivity contribution in [1.82, 2.24) is 24.8 Å². The maximum absolute atomic E-state index is 12.0. The Kier molecular flexibility index (Phi) is 6.37. The maximum atomic E-state index is 12.0. The maximum Gasteiger partial charge on any atom is 0.220 e. The summed E-state index contributed by atoms with van der Waals surface area (Å²) in [6.45, 7) is 6.97. The molecule has 3 aromatic rings. The number of aryl methyl sites for hydroxylation is 4. The highest BCUT2D eigenvalue weighted by Gasteiger charge is 2.07. The predicted octanol–water partition coefficient (Wildman–Crippen LogP) is 2.75. The summed E-state index contributed by atoms with van der Waals surface area (Å²) in [5.74, 6) is 3.09. The quantitative estimate of drug-likeness (QED) is 0.589. The lowest BCUT2D eigenvalue weighted by molar-refractivity contribution is -0.120. The summed E-state index contributed by atoms with van der Waals surface area (Å²) in [5, 5.41) is 6.19. The van der Waals surface area contributed by atoms with E-state index in [0.717, 1.165) is 23.9 Å². The van der Waals surface area contributed by atoms with E-state index in [1.165, 1.54) is 11.1 Å². The Morgan fingerprint density at radius 2 is 1.96 bits per heavy atom. The number of rotatable bonds is 8. The van der Waals surface area contributed by atoms with Gasteiger partial charge in [-0.2, -0.15) is 0 Å². The van der Waals surface area contributed by atoms with Crippen molar-refractivity contribution in [3.63, 3.8) is 0 Å². The third-order valence-corrected chi connectivity index (χ3v) is 4.37. The van der Waals surface area contributed by atoms with E-state index in [-0.39, 0.29) is 5.91 Å². The van der Waals surface area contributed by atoms with Crippen molar-refractivity contribution in [1.29, 1.82) is 0 Å². The van der Waals surface area contributed by atoms with Gasteiger partial charge in [0.1, 0.15) is 23.3 Å². The Bertz CT molecular complexity index is 950. The minimum Gasteiger partial charge on any atom is -0.368 e. The van der Waals surface area contributed by atoms with Gasteiger partial charge in [0.25, 0.3) is 0 Å². The first-order valence-corrected chi connectivity index (χ1v) is 9.43. The third kappa shape index (κ3) is 5.39. The second kappa shape index (κ2) is 9.12. The van der Waals surface area contributed by atoms with E-state index in [4.69, 9.17) is 0 Å². The molecule has 0 spiro atoms. The van der Waals surface area contributed by atoms with Gasteiger partial charge in [-0.05, 0) is 32.8 Å². The lowest BCUT2D eigenvalue weighted by Crippen LogP contribution is -2.29. The average molecular weight is 378 g/mol. The molecule has 0 saturated carbocycles. The molecule has 28 heavy (non-hydrogen) atoms. The van der Waals surface area contributed by atoms with Gasteiger partial charge >= 0.3 is 0 Å². The number of imidazole rings is 1. The lowest BCUT2D eigenvalue weighted by atomic mass is 10.1. The van der Waals surface area contributed by atoms with Crippen LogP contribution in [0.2, 0.25) is 0 Å². The first kappa shape index (κ1) is 19.5. The number of nitrogens with zero attached hydrogens (tertiary/aromatic N) is 4. The molecule has 0 saturated heterocycles. The van der Waals surface area contributed by atoms with Gasteiger partial charge in [-0.3, -0.25) is 9.36 Å². The molecule has 2 heterocycles. The lowest BCUT2D eigenvalue weighted by Gasteiger charge is -2.10. The molecular weight excluding hydrogens is 352 g/mol. The number of anilines is 1. The van der Waals surface area contributed by atoms with E-state index < -0.39 is 0 Å². The number of hydrogen-bond acceptors (Lipinski definition) is 5. The molecule has 1 amide bonds. The van der Waals surface area contributed by atoms with Crippen LogP contribution in [0, 0.1) is 20.8 Å². The SMILES string of the molecule is Cc1cccc(CCC(=O)NCCNc2cc(-n3ccnc3C)nc(C)n2)c1. The molecule has 0 aliphatic rings. The fourth-order valence-electron chi connectivity index (χ4n) is 2.99. The first-order chi connectivity index (χ1) is 13.5. The second-order valence-corrected chi connectivity index (χ2v) is 6.77. The monoisotopic (exact) mass is 378 g/mol. The molecule has 0 unspecified atom stereocenters. The van der Waals surface area contributed by atoms with Crippen LogP contribution in [0.4, 0.5) is 5.82 Å². The minimum atomic E-state index is 0.0527. The van der Waals surface area contributed by atoms with E-state index in [1.807, 2.05) is 36.7 Å². The smallest absolute Gasteiger partial charge is 0.220 e. The summed E-state index contributed by atoms with van der Waals surface area (Å²) < 4.78 is 1.91. The predicted molar refractivity (Wildman–Crippen MR) is 110 cm³/mol. The molecule has 146 valence electrons. The number of carbonyl (C=O) groups is 1. The van der Waals surface area contributed by atoms with Crippen LogP contribution in [0.15, 0.2) is 42.7 Å². The Morgan fingerprint density at radius 1 is 1.11 bits per heavy atom. The summed E-state index contributed by atoms with van der Waals surface area (Å²) in [7, 11) is 0. The van der Waals surface area contributed by atoms with Crippen LogP contribution in [0.3, 0.4) is 0 Å². The fourth-order valence-corrected chi connectivity index (χ4v) is 2.99. The molecule has 3 rings (SSSR count). The molecule has 0 fully saturated rings. The average Bonchev–Trinajstić information content (AvgIpc) is 3.09. The van der Waals surface area contributed by atoms with Crippen molar-refractivity contribution in [2.24, 2.45) is 0 Å². The van der Waals surface area contributed by atoms with Gasteiger partial charge < -0.3 is 10.6 Å². The molecule has 0 aliphatic carbocycles. The molecular formula is C21H26N6O. The van der Waals surface area contributed by atoms with Crippen LogP contribution in [-0.4, -0.2) is 38.5 Å². The van der Waals surface area contributed by atoms with Crippen LogP contribution in [0.25, 0.3) is 5.82 Å². The van der Waals surface area contributed by atoms with E-state index in [0.29, 0.717) is 25.3 Å². The highest BCUT2D eigenvalue weighted by molar-refractivity contribution is 5.76. The molecule has 2 aromatic heterocycles. The number of benzene rings is 1. The van der Waals surface area contributed by atoms with Crippen molar-refractivity contribution < 1.29 is 4.79 Å². The Labute approximate surface area is 165 Å². The molecule has 0 aliphatic heterocycles. The van der Waals surface area contributed by atoms with Gasteiger partial charge in [0, 0.05) is 38.0 Å². The van der Waals surface area contributed by atoms with Crippen LogP contribution >= 0.6 is 0 Å². The van der Waals surface area contributed by atoms with Gasteiger partial charge in [0.15, 0.2) is 0 Å². The Morgan fingerprint density at radius 3 is 2.71 bits per heavy atom. The summed E-state index contributed by atoms with van der Waals surface area (Å²) in [6.07, 6.45) is 4.85. The van der Waals surface area contributed by atoms with Crippen LogP contribution in [0.5, 0.6) is 0 Å². The van der Waals surface area contributed by atoms with E-state index in [2.05, 4.69) is 50.7 Å². The van der Waals surface area contributed by atoms with Crippen molar-refractivity contribution in [2.75, 3.05) is 18.4 Å². The topological polar surface area (TPSA) is 84.7 Å². The second-order valence-electron chi connectivity index (χ2n) is 6.77. The molecule has 0 bridgehead atoms. The Balaban J connectivity index is 1.45. The summed E-state index contributed by atoms with van der Waals surface area (Å²) in [5.41, 5.74) is 2.40. The van der Waals surface area contributed by atoms with Gasteiger partial charge in [-0.1, -0.05) is 29.8 Å². The number of amides is 1. The molecule has 0 atom stereocenters. The van der Waals surface area contributed by atoms with Gasteiger partial charge in [0.05, 0.1) is 0 Å². The zero-order valence-corrected chi connectivity index (χ0v) is 16.6. The normalized spacial score (nSPS) is 10.7. The number of carbonyl (C=O) groups excluding carboxylic acids is 1. The zero-order chi connectivity index (χ0) is 19.9. The van der Waals surface area contributed by atoms with Crippen molar-refractivity contribution in [3.8, 4) is 5.82 Å². The van der Waals surface area contributed by atoms with Gasteiger partial charge in [-0.15, -0.1) is 0 Å². The number of hydrogen-bond donors (Lipinski definition) is 2. The number of aromatic nitrogens is 4. The molecule has 0 radical (unpaired) electrons. The largest absolute Gasteiger partial charge is 0.368 e. The highest BCUT2D eigenvalue weighted by atomic mass is 16.1. The third-order valence-electron chi connectivity index (χ3n) is 4.37. The van der Waals surface area contributed by atoms with E-state index in [1.54, 1.807) is 6.20 Å². The van der Waals surface area contributed by atoms with Gasteiger partial charge in [-0.25, -0.2) is 15.0 Å². The molecule has 7 nitrogen and oxygen atoms in total. The van der Waals surface area contributed by atoms with Gasteiger partial charge in [0.2, 0.25) is 5.91 Å².